The SMILES string of the molecule is CC(C)(C)[C@H]1C(O)=C(C2=C(Cl)S(=O)(=O)c3cccc(C(N)=O)c3N2)C(=O)N1Cc1ccc(F)cc1. The zero-order valence-electron chi connectivity index (χ0n) is 19.1. The number of sulfone groups is 1. The van der Waals surface area contributed by atoms with Crippen molar-refractivity contribution in [3.63, 3.8) is 0 Å². The van der Waals surface area contributed by atoms with Crippen molar-refractivity contribution < 1.29 is 27.5 Å². The molecule has 2 aliphatic heterocycles. The molecule has 0 aromatic heterocycles. The van der Waals surface area contributed by atoms with Crippen LogP contribution in [0.1, 0.15) is 36.7 Å². The first-order valence-corrected chi connectivity index (χ1v) is 12.4. The number of carbonyl (C=O) groups is 2. The van der Waals surface area contributed by atoms with Crippen LogP contribution in [0.15, 0.2) is 68.8 Å². The number of nitrogens with zero attached hydrogens (tertiary/aromatic N) is 1. The van der Waals surface area contributed by atoms with E-state index in [1.165, 1.54) is 47.4 Å². The van der Waals surface area contributed by atoms with E-state index in [9.17, 15) is 27.5 Å². The van der Waals surface area contributed by atoms with Crippen LogP contribution in [0.5, 0.6) is 0 Å². The molecule has 35 heavy (non-hydrogen) atoms. The number of anilines is 1. The first-order chi connectivity index (χ1) is 16.2. The van der Waals surface area contributed by atoms with Gasteiger partial charge in [0.15, 0.2) is 4.36 Å². The standard InChI is InChI=1S/C24H23ClFN3O5S/c1-24(2,3)20-19(30)16(23(32)29(20)11-12-7-9-13(26)10-8-12)18-21(25)35(33,34)15-6-4-5-14(22(27)31)17(15)28-18/h4-10,20,28,30H,11H2,1-3H3,(H2,27,31)/t20-/m1/s1. The molecule has 2 aromatic rings. The summed E-state index contributed by atoms with van der Waals surface area (Å²) in [6, 6.07) is 8.65. The molecule has 4 rings (SSSR count). The number of hydrogen-bond donors (Lipinski definition) is 3. The van der Waals surface area contributed by atoms with Gasteiger partial charge in [0.1, 0.15) is 17.1 Å². The molecule has 184 valence electrons. The molecule has 0 aliphatic carbocycles. The molecule has 2 aliphatic rings. The van der Waals surface area contributed by atoms with Gasteiger partial charge in [0.2, 0.25) is 9.84 Å². The van der Waals surface area contributed by atoms with Gasteiger partial charge in [-0.1, -0.05) is 50.6 Å². The number of nitrogens with one attached hydrogen (secondary N) is 1. The summed E-state index contributed by atoms with van der Waals surface area (Å²) in [6.07, 6.45) is 0. The van der Waals surface area contributed by atoms with Gasteiger partial charge in [-0.25, -0.2) is 12.8 Å². The summed E-state index contributed by atoms with van der Waals surface area (Å²) in [5, 5.41) is 14.0. The van der Waals surface area contributed by atoms with Crippen LogP contribution in [0.2, 0.25) is 0 Å². The van der Waals surface area contributed by atoms with Crippen LogP contribution < -0.4 is 11.1 Å². The Morgan fingerprint density at radius 2 is 1.83 bits per heavy atom. The fourth-order valence-electron chi connectivity index (χ4n) is 4.37. The molecule has 4 N–H and O–H groups in total. The summed E-state index contributed by atoms with van der Waals surface area (Å²) >= 11 is 6.29. The Kier molecular flexibility index (Phi) is 5.93. The number of rotatable bonds is 4. The minimum absolute atomic E-state index is 0.0232. The Morgan fingerprint density at radius 1 is 1.20 bits per heavy atom. The van der Waals surface area contributed by atoms with E-state index in [0.717, 1.165) is 0 Å². The summed E-state index contributed by atoms with van der Waals surface area (Å²) in [6.45, 7) is 5.45. The van der Waals surface area contributed by atoms with Crippen LogP contribution in [0.25, 0.3) is 0 Å². The molecule has 0 bridgehead atoms. The number of amides is 2. The summed E-state index contributed by atoms with van der Waals surface area (Å²) in [5.74, 6) is -2.38. The number of para-hydroxylation sites is 1. The van der Waals surface area contributed by atoms with Gasteiger partial charge in [0.05, 0.1) is 27.9 Å². The highest BCUT2D eigenvalue weighted by Crippen LogP contribution is 2.45. The third kappa shape index (κ3) is 4.06. The number of aliphatic hydroxyl groups excluding tert-OH is 1. The van der Waals surface area contributed by atoms with Crippen LogP contribution in [0, 0.1) is 11.2 Å². The lowest BCUT2D eigenvalue weighted by Crippen LogP contribution is -2.43. The van der Waals surface area contributed by atoms with Crippen molar-refractivity contribution in [3.05, 3.63) is 80.8 Å². The fraction of sp³-hybridized carbons (Fsp3) is 0.250. The average molecular weight is 520 g/mol. The van der Waals surface area contributed by atoms with Gasteiger partial charge in [-0.05, 0) is 35.2 Å². The zero-order chi connectivity index (χ0) is 25.9. The molecule has 0 unspecified atom stereocenters. The minimum Gasteiger partial charge on any atom is -0.509 e. The molecule has 0 fully saturated rings. The zero-order valence-corrected chi connectivity index (χ0v) is 20.7. The highest BCUT2D eigenvalue weighted by molar-refractivity contribution is 7.97. The van der Waals surface area contributed by atoms with Gasteiger partial charge in [-0.3, -0.25) is 9.59 Å². The van der Waals surface area contributed by atoms with Gasteiger partial charge in [0.25, 0.3) is 11.8 Å². The lowest BCUT2D eigenvalue weighted by atomic mass is 9.85. The van der Waals surface area contributed by atoms with Crippen molar-refractivity contribution in [2.45, 2.75) is 38.3 Å². The van der Waals surface area contributed by atoms with E-state index in [2.05, 4.69) is 5.32 Å². The number of halogens is 2. The monoisotopic (exact) mass is 519 g/mol. The van der Waals surface area contributed by atoms with Crippen LogP contribution in [0.4, 0.5) is 10.1 Å². The number of fused-ring (bicyclic) bond motifs is 1. The Hall–Kier alpha value is -3.37. The molecule has 1 atom stereocenters. The first-order valence-electron chi connectivity index (χ1n) is 10.6. The smallest absolute Gasteiger partial charge is 0.260 e. The molecule has 2 amide bonds. The maximum absolute atomic E-state index is 13.6. The predicted octanol–water partition coefficient (Wildman–Crippen LogP) is 3.80. The first kappa shape index (κ1) is 24.7. The van der Waals surface area contributed by atoms with E-state index in [1.807, 2.05) is 20.8 Å². The van der Waals surface area contributed by atoms with Crippen molar-refractivity contribution in [2.24, 2.45) is 11.1 Å². The number of primary amides is 1. The molecule has 0 saturated heterocycles. The summed E-state index contributed by atoms with van der Waals surface area (Å²) in [7, 11) is -4.33. The molecule has 11 heteroatoms. The second-order valence-corrected chi connectivity index (χ2v) is 11.9. The number of carbonyl (C=O) groups excluding carboxylic acids is 2. The molecular weight excluding hydrogens is 497 g/mol. The highest BCUT2D eigenvalue weighted by Gasteiger charge is 2.49. The lowest BCUT2D eigenvalue weighted by Gasteiger charge is -2.35. The summed E-state index contributed by atoms with van der Waals surface area (Å²) in [4.78, 5) is 26.7. The molecule has 8 nitrogen and oxygen atoms in total. The van der Waals surface area contributed by atoms with Crippen molar-refractivity contribution in [2.75, 3.05) is 5.32 Å². The van der Waals surface area contributed by atoms with Gasteiger partial charge in [-0.15, -0.1) is 0 Å². The maximum Gasteiger partial charge on any atom is 0.260 e. The van der Waals surface area contributed by atoms with E-state index in [4.69, 9.17) is 17.3 Å². The molecule has 0 saturated carbocycles. The second-order valence-electron chi connectivity index (χ2n) is 9.41. The number of aliphatic hydroxyl groups is 1. The molecular formula is C24H23ClFN3O5S. The largest absolute Gasteiger partial charge is 0.509 e. The van der Waals surface area contributed by atoms with E-state index in [0.29, 0.717) is 5.56 Å². The van der Waals surface area contributed by atoms with Crippen molar-refractivity contribution >= 4 is 38.9 Å². The van der Waals surface area contributed by atoms with Gasteiger partial charge < -0.3 is 21.1 Å². The third-order valence-electron chi connectivity index (χ3n) is 5.90. The highest BCUT2D eigenvalue weighted by atomic mass is 35.5. The summed E-state index contributed by atoms with van der Waals surface area (Å²) in [5.41, 5.74) is 4.45. The van der Waals surface area contributed by atoms with Crippen molar-refractivity contribution in [3.8, 4) is 0 Å². The Labute approximate surface area is 206 Å². The van der Waals surface area contributed by atoms with Gasteiger partial charge in [-0.2, -0.15) is 0 Å². The van der Waals surface area contributed by atoms with Gasteiger partial charge in [0, 0.05) is 6.54 Å². The number of nitrogens with two attached hydrogens (primary N) is 1. The third-order valence-corrected chi connectivity index (χ3v) is 8.30. The Balaban J connectivity index is 1.87. The topological polar surface area (TPSA) is 130 Å². The molecule has 2 aromatic carbocycles. The minimum atomic E-state index is -4.33. The Morgan fingerprint density at radius 3 is 2.40 bits per heavy atom. The second kappa shape index (κ2) is 8.39. The quantitative estimate of drug-likeness (QED) is 0.563. The molecule has 2 heterocycles. The average Bonchev–Trinajstić information content (AvgIpc) is 3.01. The molecule has 0 spiro atoms. The number of hydrogen-bond acceptors (Lipinski definition) is 6. The maximum atomic E-state index is 13.6. The van der Waals surface area contributed by atoms with E-state index in [1.54, 1.807) is 0 Å². The van der Waals surface area contributed by atoms with Crippen LogP contribution >= 0.6 is 11.6 Å². The van der Waals surface area contributed by atoms with E-state index >= 15 is 0 Å². The fourth-order valence-corrected chi connectivity index (χ4v) is 6.07. The van der Waals surface area contributed by atoms with E-state index < -0.39 is 43.3 Å². The van der Waals surface area contributed by atoms with E-state index in [-0.39, 0.29) is 39.7 Å². The normalized spacial score (nSPS) is 19.6. The van der Waals surface area contributed by atoms with Crippen LogP contribution in [0.3, 0.4) is 0 Å². The van der Waals surface area contributed by atoms with Crippen molar-refractivity contribution in [1.29, 1.82) is 0 Å². The van der Waals surface area contributed by atoms with Crippen LogP contribution in [-0.4, -0.2) is 36.3 Å². The van der Waals surface area contributed by atoms with Gasteiger partial charge >= 0.3 is 0 Å². The van der Waals surface area contributed by atoms with Crippen LogP contribution in [-0.2, 0) is 21.2 Å². The molecule has 0 radical (unpaired) electrons. The Bertz CT molecular complexity index is 1430. The lowest BCUT2D eigenvalue weighted by molar-refractivity contribution is -0.129. The number of benzene rings is 2. The summed E-state index contributed by atoms with van der Waals surface area (Å²) < 4.78 is 39.1. The van der Waals surface area contributed by atoms with Crippen molar-refractivity contribution in [1.82, 2.24) is 4.90 Å². The predicted molar refractivity (Wildman–Crippen MR) is 128 cm³/mol.